The molecule has 1 aliphatic heterocycles. The molecule has 2 heterocycles. The minimum atomic E-state index is 0.130. The van der Waals surface area contributed by atoms with Crippen molar-refractivity contribution in [3.8, 4) is 5.69 Å². The molecule has 5 heteroatoms. The van der Waals surface area contributed by atoms with Crippen molar-refractivity contribution in [2.75, 3.05) is 13.1 Å². The van der Waals surface area contributed by atoms with Gasteiger partial charge in [0.25, 0.3) is 5.91 Å². The zero-order valence-corrected chi connectivity index (χ0v) is 16.9. The number of hydrogen-bond acceptors (Lipinski definition) is 2. The lowest BCUT2D eigenvalue weighted by atomic mass is 9.97. The fourth-order valence-corrected chi connectivity index (χ4v) is 3.85. The quantitative estimate of drug-likeness (QED) is 0.719. The highest BCUT2D eigenvalue weighted by atomic mass is 35.5. The number of halogens is 1. The van der Waals surface area contributed by atoms with Crippen LogP contribution in [0.15, 0.2) is 24.3 Å². The average Bonchev–Trinajstić information content (AvgIpc) is 3.03. The number of nitrogens with zero attached hydrogens (tertiary/aromatic N) is 3. The summed E-state index contributed by atoms with van der Waals surface area (Å²) < 4.78 is 1.92. The monoisotopic (exact) mass is 373 g/mol. The summed E-state index contributed by atoms with van der Waals surface area (Å²) in [4.78, 5) is 15.4. The van der Waals surface area contributed by atoms with Crippen LogP contribution in [-0.2, 0) is 0 Å². The second kappa shape index (κ2) is 7.83. The lowest BCUT2D eigenvalue weighted by Crippen LogP contribution is -2.36. The molecule has 1 saturated heterocycles. The van der Waals surface area contributed by atoms with Crippen molar-refractivity contribution in [2.24, 2.45) is 0 Å². The van der Waals surface area contributed by atoms with E-state index in [0.29, 0.717) is 5.02 Å². The van der Waals surface area contributed by atoms with Crippen LogP contribution in [-0.4, -0.2) is 33.7 Å². The van der Waals surface area contributed by atoms with Crippen LogP contribution in [0.5, 0.6) is 0 Å². The zero-order chi connectivity index (χ0) is 18.8. The van der Waals surface area contributed by atoms with Crippen LogP contribution in [0, 0.1) is 0 Å². The highest BCUT2D eigenvalue weighted by Gasteiger charge is 2.31. The molecule has 140 valence electrons. The summed E-state index contributed by atoms with van der Waals surface area (Å²) >= 11 is 6.20. The predicted octanol–water partition coefficient (Wildman–Crippen LogP) is 5.40. The number of hydrogen-bond donors (Lipinski definition) is 0. The summed E-state index contributed by atoms with van der Waals surface area (Å²) in [5.74, 6) is 0.486. The van der Waals surface area contributed by atoms with Crippen LogP contribution in [0.2, 0.25) is 5.02 Å². The SMILES string of the molecule is CC(C)c1nn(-c2cccc(Cl)c2)c(C(C)C)c1C(=O)N1CCCCC1. The lowest BCUT2D eigenvalue weighted by molar-refractivity contribution is 0.0721. The van der Waals surface area contributed by atoms with Crippen molar-refractivity contribution < 1.29 is 4.79 Å². The first kappa shape index (κ1) is 19.0. The van der Waals surface area contributed by atoms with Gasteiger partial charge in [-0.2, -0.15) is 5.10 Å². The molecule has 0 bridgehead atoms. The number of carbonyl (C=O) groups excluding carboxylic acids is 1. The molecule has 0 saturated carbocycles. The van der Waals surface area contributed by atoms with E-state index < -0.39 is 0 Å². The molecule has 0 aliphatic carbocycles. The van der Waals surface area contributed by atoms with Crippen LogP contribution in [0.3, 0.4) is 0 Å². The third-order valence-corrected chi connectivity index (χ3v) is 5.19. The maximum Gasteiger partial charge on any atom is 0.257 e. The van der Waals surface area contributed by atoms with E-state index in [1.807, 2.05) is 33.8 Å². The molecule has 0 spiro atoms. The van der Waals surface area contributed by atoms with E-state index in [0.717, 1.165) is 48.6 Å². The van der Waals surface area contributed by atoms with Crippen LogP contribution in [0.25, 0.3) is 5.69 Å². The van der Waals surface area contributed by atoms with E-state index in [9.17, 15) is 4.79 Å². The minimum absolute atomic E-state index is 0.130. The van der Waals surface area contributed by atoms with Gasteiger partial charge in [-0.25, -0.2) is 4.68 Å². The Kier molecular flexibility index (Phi) is 5.71. The molecule has 1 amide bonds. The Morgan fingerprint density at radius 2 is 1.77 bits per heavy atom. The molecular formula is C21H28ClN3O. The molecule has 1 aromatic carbocycles. The number of amides is 1. The van der Waals surface area contributed by atoms with Crippen molar-refractivity contribution in [1.82, 2.24) is 14.7 Å². The first-order valence-corrected chi connectivity index (χ1v) is 9.96. The second-order valence-corrected chi connectivity index (χ2v) is 8.14. The standard InChI is InChI=1S/C21H28ClN3O/c1-14(2)19-18(21(26)24-11-6-5-7-12-24)20(15(3)4)25(23-19)17-10-8-9-16(22)13-17/h8-10,13-15H,5-7,11-12H2,1-4H3. The van der Waals surface area contributed by atoms with E-state index in [-0.39, 0.29) is 17.7 Å². The Hall–Kier alpha value is -1.81. The number of rotatable bonds is 4. The largest absolute Gasteiger partial charge is 0.339 e. The number of piperidine rings is 1. The van der Waals surface area contributed by atoms with E-state index in [2.05, 4.69) is 27.7 Å². The summed E-state index contributed by atoms with van der Waals surface area (Å²) in [5, 5.41) is 5.54. The van der Waals surface area contributed by atoms with E-state index in [1.54, 1.807) is 0 Å². The molecule has 4 nitrogen and oxygen atoms in total. The first-order chi connectivity index (χ1) is 12.4. The van der Waals surface area contributed by atoms with Gasteiger partial charge in [0, 0.05) is 18.1 Å². The van der Waals surface area contributed by atoms with Gasteiger partial charge in [0.2, 0.25) is 0 Å². The molecule has 2 aromatic rings. The molecular weight excluding hydrogens is 346 g/mol. The van der Waals surface area contributed by atoms with Crippen LogP contribution < -0.4 is 0 Å². The smallest absolute Gasteiger partial charge is 0.257 e. The fourth-order valence-electron chi connectivity index (χ4n) is 3.67. The number of aromatic nitrogens is 2. The molecule has 26 heavy (non-hydrogen) atoms. The van der Waals surface area contributed by atoms with Gasteiger partial charge in [-0.1, -0.05) is 45.4 Å². The van der Waals surface area contributed by atoms with E-state index in [4.69, 9.17) is 16.7 Å². The zero-order valence-electron chi connectivity index (χ0n) is 16.1. The average molecular weight is 374 g/mol. The van der Waals surface area contributed by atoms with Gasteiger partial charge in [-0.3, -0.25) is 4.79 Å². The van der Waals surface area contributed by atoms with Crippen molar-refractivity contribution in [3.63, 3.8) is 0 Å². The molecule has 0 unspecified atom stereocenters. The van der Waals surface area contributed by atoms with Crippen molar-refractivity contribution in [3.05, 3.63) is 46.2 Å². The van der Waals surface area contributed by atoms with Crippen molar-refractivity contribution >= 4 is 17.5 Å². The Bertz CT molecular complexity index is 789. The van der Waals surface area contributed by atoms with Crippen LogP contribution in [0.4, 0.5) is 0 Å². The van der Waals surface area contributed by atoms with Gasteiger partial charge >= 0.3 is 0 Å². The summed E-state index contributed by atoms with van der Waals surface area (Å²) in [5.41, 5.74) is 3.55. The molecule has 0 atom stereocenters. The maximum atomic E-state index is 13.4. The van der Waals surface area contributed by atoms with Crippen LogP contribution in [0.1, 0.15) is 80.5 Å². The summed E-state index contributed by atoms with van der Waals surface area (Å²) in [7, 11) is 0. The van der Waals surface area contributed by atoms with Gasteiger partial charge in [0.15, 0.2) is 0 Å². The third-order valence-electron chi connectivity index (χ3n) is 4.95. The number of carbonyl (C=O) groups is 1. The summed E-state index contributed by atoms with van der Waals surface area (Å²) in [6, 6.07) is 7.67. The molecule has 1 aromatic heterocycles. The van der Waals surface area contributed by atoms with Gasteiger partial charge in [-0.15, -0.1) is 0 Å². The van der Waals surface area contributed by atoms with E-state index >= 15 is 0 Å². The molecule has 1 aliphatic rings. The van der Waals surface area contributed by atoms with E-state index in [1.165, 1.54) is 6.42 Å². The van der Waals surface area contributed by atoms with Gasteiger partial charge in [-0.05, 0) is 49.3 Å². The normalized spacial score (nSPS) is 15.1. The van der Waals surface area contributed by atoms with Gasteiger partial charge < -0.3 is 4.90 Å². The number of likely N-dealkylation sites (tertiary alicyclic amines) is 1. The highest BCUT2D eigenvalue weighted by molar-refractivity contribution is 6.30. The highest BCUT2D eigenvalue weighted by Crippen LogP contribution is 2.32. The predicted molar refractivity (Wildman–Crippen MR) is 107 cm³/mol. The molecule has 0 N–H and O–H groups in total. The molecule has 1 fully saturated rings. The summed E-state index contributed by atoms with van der Waals surface area (Å²) in [6.45, 7) is 10.1. The van der Waals surface area contributed by atoms with Crippen molar-refractivity contribution in [2.45, 2.75) is 58.8 Å². The van der Waals surface area contributed by atoms with Crippen molar-refractivity contribution in [1.29, 1.82) is 0 Å². The molecule has 3 rings (SSSR count). The lowest BCUT2D eigenvalue weighted by Gasteiger charge is -2.27. The Morgan fingerprint density at radius 1 is 1.08 bits per heavy atom. The fraction of sp³-hybridized carbons (Fsp3) is 0.524. The Morgan fingerprint density at radius 3 is 2.35 bits per heavy atom. The molecule has 0 radical (unpaired) electrons. The number of benzene rings is 1. The van der Waals surface area contributed by atoms with Gasteiger partial charge in [0.05, 0.1) is 22.6 Å². The van der Waals surface area contributed by atoms with Gasteiger partial charge in [0.1, 0.15) is 0 Å². The summed E-state index contributed by atoms with van der Waals surface area (Å²) in [6.07, 6.45) is 3.38. The third kappa shape index (κ3) is 3.66. The topological polar surface area (TPSA) is 38.1 Å². The Balaban J connectivity index is 2.16. The first-order valence-electron chi connectivity index (χ1n) is 9.58. The second-order valence-electron chi connectivity index (χ2n) is 7.70. The maximum absolute atomic E-state index is 13.4. The minimum Gasteiger partial charge on any atom is -0.339 e. The van der Waals surface area contributed by atoms with Crippen LogP contribution >= 0.6 is 11.6 Å². The Labute approximate surface area is 161 Å².